The first-order valence-electron chi connectivity index (χ1n) is 7.32. The van der Waals surface area contributed by atoms with Gasteiger partial charge < -0.3 is 14.5 Å². The largest absolute Gasteiger partial charge is 0.503 e. The Morgan fingerprint density at radius 1 is 1.26 bits per heavy atom. The second-order valence-corrected chi connectivity index (χ2v) is 5.33. The minimum Gasteiger partial charge on any atom is -0.503 e. The molecule has 0 bridgehead atoms. The Kier molecular flexibility index (Phi) is 4.51. The summed E-state index contributed by atoms with van der Waals surface area (Å²) in [5, 5.41) is 21.6. The van der Waals surface area contributed by atoms with E-state index in [1.165, 1.54) is 13.1 Å². The Balaban J connectivity index is 1.94. The Morgan fingerprint density at radius 3 is 2.70 bits per heavy atom. The topological polar surface area (TPSA) is 103 Å². The summed E-state index contributed by atoms with van der Waals surface area (Å²) in [7, 11) is 1.39. The lowest BCUT2D eigenvalue weighted by Crippen LogP contribution is -2.27. The molecule has 136 valence electrons. The van der Waals surface area contributed by atoms with Crippen molar-refractivity contribution >= 4 is 11.6 Å². The van der Waals surface area contributed by atoms with Crippen LogP contribution in [0.3, 0.4) is 0 Å². The molecule has 10 heteroatoms. The number of rotatable bonds is 3. The third-order valence-corrected chi connectivity index (χ3v) is 3.65. The van der Waals surface area contributed by atoms with Crippen molar-refractivity contribution in [1.82, 2.24) is 10.1 Å². The van der Waals surface area contributed by atoms with Crippen molar-refractivity contribution < 1.29 is 27.6 Å². The van der Waals surface area contributed by atoms with Gasteiger partial charge >= 0.3 is 0 Å². The van der Waals surface area contributed by atoms with Crippen molar-refractivity contribution in [1.29, 1.82) is 5.26 Å². The average molecular weight is 374 g/mol. The minimum atomic E-state index is -1.76. The van der Waals surface area contributed by atoms with E-state index in [0.29, 0.717) is 17.3 Å². The molecule has 0 unspecified atom stereocenters. The zero-order valence-electron chi connectivity index (χ0n) is 13.6. The third kappa shape index (κ3) is 3.18. The third-order valence-electron chi connectivity index (χ3n) is 3.65. The van der Waals surface area contributed by atoms with Gasteiger partial charge in [-0.2, -0.15) is 14.6 Å². The van der Waals surface area contributed by atoms with Crippen LogP contribution in [-0.4, -0.2) is 28.2 Å². The van der Waals surface area contributed by atoms with Crippen molar-refractivity contribution in [2.24, 2.45) is 0 Å². The van der Waals surface area contributed by atoms with E-state index in [9.17, 15) is 23.1 Å². The van der Waals surface area contributed by atoms with E-state index < -0.39 is 46.4 Å². The number of phenols is 1. The fraction of sp³-hybridized carbons (Fsp3) is 0.0588. The Bertz CT molecular complexity index is 1090. The Hall–Kier alpha value is -3.87. The molecule has 1 aromatic heterocycles. The molecule has 0 aliphatic carbocycles. The highest BCUT2D eigenvalue weighted by molar-refractivity contribution is 6.03. The molecule has 0 aliphatic rings. The predicted molar refractivity (Wildman–Crippen MR) is 85.2 cm³/mol. The van der Waals surface area contributed by atoms with Gasteiger partial charge in [0.1, 0.15) is 0 Å². The van der Waals surface area contributed by atoms with Gasteiger partial charge in [-0.25, -0.2) is 8.78 Å². The highest BCUT2D eigenvalue weighted by Gasteiger charge is 2.25. The van der Waals surface area contributed by atoms with Crippen LogP contribution in [0.2, 0.25) is 0 Å². The molecule has 3 rings (SSSR count). The second kappa shape index (κ2) is 6.80. The second-order valence-electron chi connectivity index (χ2n) is 5.33. The first kappa shape index (κ1) is 17.9. The zero-order valence-corrected chi connectivity index (χ0v) is 13.6. The van der Waals surface area contributed by atoms with Crippen LogP contribution >= 0.6 is 0 Å². The fourth-order valence-corrected chi connectivity index (χ4v) is 2.22. The van der Waals surface area contributed by atoms with Gasteiger partial charge in [-0.15, -0.1) is 0 Å². The van der Waals surface area contributed by atoms with Crippen molar-refractivity contribution in [3.63, 3.8) is 0 Å². The molecule has 0 saturated carbocycles. The number of nitriles is 1. The molecular weight excluding hydrogens is 365 g/mol. The number of anilines is 1. The zero-order chi connectivity index (χ0) is 19.7. The van der Waals surface area contributed by atoms with Crippen LogP contribution < -0.4 is 4.90 Å². The molecule has 0 spiro atoms. The lowest BCUT2D eigenvalue weighted by atomic mass is 10.2. The van der Waals surface area contributed by atoms with Crippen LogP contribution in [0, 0.1) is 28.8 Å². The number of hydrogen-bond acceptors (Lipinski definition) is 6. The first-order valence-corrected chi connectivity index (χ1v) is 7.32. The molecule has 0 saturated heterocycles. The smallest absolute Gasteiger partial charge is 0.299 e. The minimum absolute atomic E-state index is 0.320. The van der Waals surface area contributed by atoms with Gasteiger partial charge in [0.25, 0.3) is 17.6 Å². The van der Waals surface area contributed by atoms with Crippen LogP contribution in [0.4, 0.5) is 18.9 Å². The molecule has 27 heavy (non-hydrogen) atoms. The molecule has 0 fully saturated rings. The number of hydrogen-bond donors (Lipinski definition) is 1. The van der Waals surface area contributed by atoms with E-state index in [2.05, 4.69) is 10.1 Å². The summed E-state index contributed by atoms with van der Waals surface area (Å²) >= 11 is 0. The van der Waals surface area contributed by atoms with Crippen molar-refractivity contribution in [3.8, 4) is 23.3 Å². The summed E-state index contributed by atoms with van der Waals surface area (Å²) < 4.78 is 45.2. The van der Waals surface area contributed by atoms with Crippen LogP contribution in [0.25, 0.3) is 11.5 Å². The summed E-state index contributed by atoms with van der Waals surface area (Å²) in [4.78, 5) is 17.2. The van der Waals surface area contributed by atoms with Gasteiger partial charge in [0.15, 0.2) is 17.4 Å². The summed E-state index contributed by atoms with van der Waals surface area (Å²) in [6, 6.07) is 8.48. The number of carbonyl (C=O) groups excluding carboxylic acids is 1. The molecule has 7 nitrogen and oxygen atoms in total. The first-order chi connectivity index (χ1) is 12.8. The van der Waals surface area contributed by atoms with Gasteiger partial charge in [-0.3, -0.25) is 4.79 Å². The Labute approximate surface area is 149 Å². The van der Waals surface area contributed by atoms with Crippen molar-refractivity contribution in [2.45, 2.75) is 0 Å². The highest BCUT2D eigenvalue weighted by atomic mass is 19.2. The maximum absolute atomic E-state index is 13.9. The number of benzene rings is 2. The number of nitrogens with zero attached hydrogens (tertiary/aromatic N) is 4. The van der Waals surface area contributed by atoms with E-state index in [0.717, 1.165) is 4.90 Å². The molecule has 0 radical (unpaired) electrons. The normalized spacial score (nSPS) is 10.5. The van der Waals surface area contributed by atoms with Crippen LogP contribution in [0.5, 0.6) is 5.75 Å². The van der Waals surface area contributed by atoms with Crippen LogP contribution in [0.15, 0.2) is 34.9 Å². The van der Waals surface area contributed by atoms with Gasteiger partial charge in [0.05, 0.1) is 17.2 Å². The molecule has 0 aliphatic heterocycles. The van der Waals surface area contributed by atoms with Gasteiger partial charge in [-0.1, -0.05) is 11.2 Å². The summed E-state index contributed by atoms with van der Waals surface area (Å²) in [6.07, 6.45) is 0. The number of aromatic nitrogens is 2. The summed E-state index contributed by atoms with van der Waals surface area (Å²) in [5.74, 6) is -8.20. The van der Waals surface area contributed by atoms with E-state index >= 15 is 0 Å². The van der Waals surface area contributed by atoms with Crippen molar-refractivity contribution in [2.75, 3.05) is 11.9 Å². The Morgan fingerprint density at radius 2 is 2.00 bits per heavy atom. The molecular formula is C17H9F3N4O3. The predicted octanol–water partition coefficient (Wildman–Crippen LogP) is 3.01. The maximum atomic E-state index is 13.9. The van der Waals surface area contributed by atoms with Gasteiger partial charge in [0, 0.05) is 12.7 Å². The molecule has 0 atom stereocenters. The monoisotopic (exact) mass is 374 g/mol. The standard InChI is InChI=1S/C17H9F3N4O3/c1-24(9-4-2-3-8(5-9)7-21)17(26)15-22-16(27-23-15)10-6-11(18)13(20)14(25)12(10)19/h2-6,25H,1H3. The van der Waals surface area contributed by atoms with Crippen LogP contribution in [0.1, 0.15) is 16.2 Å². The highest BCUT2D eigenvalue weighted by Crippen LogP contribution is 2.31. The van der Waals surface area contributed by atoms with Crippen LogP contribution in [-0.2, 0) is 0 Å². The lowest BCUT2D eigenvalue weighted by molar-refractivity contribution is 0.0980. The van der Waals surface area contributed by atoms with E-state index in [1.54, 1.807) is 18.2 Å². The number of aromatic hydroxyl groups is 1. The van der Waals surface area contributed by atoms with E-state index in [-0.39, 0.29) is 0 Å². The summed E-state index contributed by atoms with van der Waals surface area (Å²) in [6.45, 7) is 0. The SMILES string of the molecule is CN(C(=O)c1noc(-c2cc(F)c(F)c(O)c2F)n1)c1cccc(C#N)c1. The summed E-state index contributed by atoms with van der Waals surface area (Å²) in [5.41, 5.74) is -0.0191. The molecule has 2 aromatic carbocycles. The van der Waals surface area contributed by atoms with E-state index in [4.69, 9.17) is 9.78 Å². The van der Waals surface area contributed by atoms with Gasteiger partial charge in [-0.05, 0) is 24.3 Å². The number of carbonyl (C=O) groups is 1. The number of phenolic OH excluding ortho intramolecular Hbond substituents is 1. The molecule has 1 heterocycles. The number of amides is 1. The maximum Gasteiger partial charge on any atom is 0.299 e. The average Bonchev–Trinajstić information content (AvgIpc) is 3.17. The molecule has 1 amide bonds. The fourth-order valence-electron chi connectivity index (χ4n) is 2.22. The van der Waals surface area contributed by atoms with E-state index in [1.807, 2.05) is 6.07 Å². The van der Waals surface area contributed by atoms with Crippen molar-refractivity contribution in [3.05, 3.63) is 59.2 Å². The quantitative estimate of drug-likeness (QED) is 0.707. The molecule has 3 aromatic rings. The lowest BCUT2D eigenvalue weighted by Gasteiger charge is -2.15. The molecule has 1 N–H and O–H groups in total. The number of halogens is 3. The van der Waals surface area contributed by atoms with Gasteiger partial charge in [0.2, 0.25) is 5.82 Å².